The lowest BCUT2D eigenvalue weighted by molar-refractivity contribution is -0.307. The van der Waals surface area contributed by atoms with Crippen LogP contribution in [0.4, 0.5) is 24.0 Å². The first kappa shape index (κ1) is 62.1. The second-order valence-corrected chi connectivity index (χ2v) is 29.4. The zero-order chi connectivity index (χ0) is 58.0. The molecule has 8 fully saturated rings. The lowest BCUT2D eigenvalue weighted by Gasteiger charge is -2.66. The summed E-state index contributed by atoms with van der Waals surface area (Å²) in [5.74, 6) is -0.686. The summed E-state index contributed by atoms with van der Waals surface area (Å²) in [7, 11) is 0. The normalized spacial score (nSPS) is 31.6. The average molecular weight is 1080 g/mol. The van der Waals surface area contributed by atoms with Gasteiger partial charge in [0.15, 0.2) is 0 Å². The summed E-state index contributed by atoms with van der Waals surface area (Å²) < 4.78 is 69.9. The number of hydrogen-bond acceptors (Lipinski definition) is 19. The lowest BCUT2D eigenvalue weighted by Crippen LogP contribution is -2.75. The molecule has 8 aliphatic carbocycles. The molecule has 8 saturated carbocycles. The number of hydrogen-bond donors (Lipinski definition) is 0. The van der Waals surface area contributed by atoms with Crippen LogP contribution in [-0.4, -0.2) is 110 Å². The van der Waals surface area contributed by atoms with Crippen LogP contribution in [0.5, 0.6) is 0 Å². The Bertz CT molecular complexity index is 2060. The van der Waals surface area contributed by atoms with Gasteiger partial charge in [-0.1, -0.05) is 13.8 Å². The Morgan fingerprint density at radius 2 is 0.474 bits per heavy atom. The van der Waals surface area contributed by atoms with Gasteiger partial charge in [0.05, 0.1) is 10.8 Å². The van der Waals surface area contributed by atoms with E-state index < -0.39 is 115 Å². The highest BCUT2D eigenvalue weighted by atomic mass is 16.8. The molecule has 434 valence electrons. The predicted molar refractivity (Wildman–Crippen MR) is 275 cm³/mol. The average Bonchev–Trinajstić information content (AvgIpc) is 3.11. The molecule has 19 nitrogen and oxygen atoms in total. The largest absolute Gasteiger partial charge is 0.509 e. The number of ether oxygens (including phenoxy) is 12. The van der Waals surface area contributed by atoms with Gasteiger partial charge in [0.2, 0.25) is 0 Å². The fraction of sp³-hybridized carbons (Fsp3) is 0.877. The van der Waals surface area contributed by atoms with Crippen molar-refractivity contribution in [2.45, 2.75) is 303 Å². The molecule has 0 amide bonds. The highest BCUT2D eigenvalue weighted by Crippen LogP contribution is 2.67. The van der Waals surface area contributed by atoms with Crippen LogP contribution < -0.4 is 0 Å². The van der Waals surface area contributed by atoms with Gasteiger partial charge in [-0.2, -0.15) is 0 Å². The first-order valence-corrected chi connectivity index (χ1v) is 27.1. The smallest absolute Gasteiger partial charge is 0.458 e. The summed E-state index contributed by atoms with van der Waals surface area (Å²) in [6.07, 6.45) is 0.321. The fourth-order valence-electron chi connectivity index (χ4n) is 12.4. The number of carbonyl (C=O) groups excluding carboxylic acids is 7. The van der Waals surface area contributed by atoms with Crippen molar-refractivity contribution in [3.8, 4) is 0 Å². The molecule has 0 aliphatic heterocycles. The monoisotopic (exact) mass is 1080 g/mol. The SMILES string of the molecule is CCC(C)(C)C(=O)OC12CC3(OC(=O)OC(C)(C)C)CC(OC(=O)OC(C)(C)C)(CC(OC(=O)OC(C)(C)C)(C3)C1)C2.CCC(C)(C)C(=O)OC12CC3CC(OC(=O)OC(C)(C)C)(CC(OC(=O)OC(C)(C)C)(C3)C1)C2. The van der Waals surface area contributed by atoms with Crippen LogP contribution in [-0.2, 0) is 66.4 Å². The lowest BCUT2D eigenvalue weighted by atomic mass is 9.48. The van der Waals surface area contributed by atoms with Crippen LogP contribution in [0, 0.1) is 16.7 Å². The van der Waals surface area contributed by atoms with Crippen LogP contribution in [0.3, 0.4) is 0 Å². The minimum atomic E-state index is -1.35. The third kappa shape index (κ3) is 16.0. The van der Waals surface area contributed by atoms with Gasteiger partial charge in [0, 0.05) is 57.8 Å². The molecule has 0 N–H and O–H groups in total. The molecule has 8 rings (SSSR count). The van der Waals surface area contributed by atoms with Crippen LogP contribution in [0.25, 0.3) is 0 Å². The highest BCUT2D eigenvalue weighted by Gasteiger charge is 2.75. The second-order valence-electron chi connectivity index (χ2n) is 29.4. The summed E-state index contributed by atoms with van der Waals surface area (Å²) in [6.45, 7) is 37.2. The van der Waals surface area contributed by atoms with Gasteiger partial charge in [-0.15, -0.1) is 0 Å². The molecule has 2 atom stereocenters. The number of esters is 2. The molecule has 0 heterocycles. The van der Waals surface area contributed by atoms with E-state index in [-0.39, 0.29) is 50.4 Å². The van der Waals surface area contributed by atoms with Crippen molar-refractivity contribution < 1.29 is 90.4 Å². The van der Waals surface area contributed by atoms with E-state index in [9.17, 15) is 33.6 Å². The molecule has 0 aromatic rings. The van der Waals surface area contributed by atoms with Gasteiger partial charge in [-0.05, 0) is 170 Å². The van der Waals surface area contributed by atoms with Crippen molar-refractivity contribution in [3.63, 3.8) is 0 Å². The minimum absolute atomic E-state index is 0.0682. The van der Waals surface area contributed by atoms with E-state index in [1.165, 1.54) is 0 Å². The van der Waals surface area contributed by atoms with Gasteiger partial charge >= 0.3 is 42.7 Å². The molecule has 0 spiro atoms. The van der Waals surface area contributed by atoms with Crippen molar-refractivity contribution in [1.82, 2.24) is 0 Å². The van der Waals surface area contributed by atoms with Crippen LogP contribution in [0.15, 0.2) is 0 Å². The molecular weight excluding hydrogens is 989 g/mol. The Labute approximate surface area is 451 Å². The summed E-state index contributed by atoms with van der Waals surface area (Å²) in [5.41, 5.74) is -13.5. The van der Waals surface area contributed by atoms with Crippen molar-refractivity contribution in [2.24, 2.45) is 16.7 Å². The molecule has 0 radical (unpaired) electrons. The minimum Gasteiger partial charge on any atom is -0.458 e. The third-order valence-electron chi connectivity index (χ3n) is 14.7. The Balaban J connectivity index is 0.000000287. The Hall–Kier alpha value is -4.71. The van der Waals surface area contributed by atoms with Gasteiger partial charge in [-0.25, -0.2) is 24.0 Å². The van der Waals surface area contributed by atoms with Crippen molar-refractivity contribution in [2.75, 3.05) is 0 Å². The van der Waals surface area contributed by atoms with Crippen molar-refractivity contribution >= 4 is 42.7 Å². The van der Waals surface area contributed by atoms with Crippen LogP contribution in [0.2, 0.25) is 0 Å². The van der Waals surface area contributed by atoms with E-state index in [1.54, 1.807) is 118 Å². The number of rotatable bonds is 11. The summed E-state index contributed by atoms with van der Waals surface area (Å²) in [5, 5.41) is 0. The molecule has 8 aliphatic rings. The molecule has 0 aromatic heterocycles. The molecule has 8 bridgehead atoms. The van der Waals surface area contributed by atoms with Crippen LogP contribution >= 0.6 is 0 Å². The Kier molecular flexibility index (Phi) is 16.5. The number of carbonyl (C=O) groups is 7. The van der Waals surface area contributed by atoms with E-state index in [0.29, 0.717) is 51.4 Å². The topological polar surface area (TPSA) is 230 Å². The maximum Gasteiger partial charge on any atom is 0.509 e. The maximum absolute atomic E-state index is 13.5. The Morgan fingerprint density at radius 1 is 0.303 bits per heavy atom. The van der Waals surface area contributed by atoms with E-state index in [1.807, 2.05) is 27.7 Å². The quantitative estimate of drug-likeness (QED) is 0.138. The van der Waals surface area contributed by atoms with Gasteiger partial charge in [-0.3, -0.25) is 9.59 Å². The molecule has 19 heteroatoms. The first-order valence-electron chi connectivity index (χ1n) is 27.1. The van der Waals surface area contributed by atoms with Crippen molar-refractivity contribution in [1.29, 1.82) is 0 Å². The zero-order valence-corrected chi connectivity index (χ0v) is 49.7. The predicted octanol–water partition coefficient (Wildman–Crippen LogP) is 13.2. The van der Waals surface area contributed by atoms with Gasteiger partial charge < -0.3 is 56.8 Å². The van der Waals surface area contributed by atoms with Crippen LogP contribution in [0.1, 0.15) is 235 Å². The summed E-state index contributed by atoms with van der Waals surface area (Å²) in [4.78, 5) is 91.3. The second kappa shape index (κ2) is 20.2. The maximum atomic E-state index is 13.5. The van der Waals surface area contributed by atoms with E-state index >= 15 is 0 Å². The molecule has 76 heavy (non-hydrogen) atoms. The van der Waals surface area contributed by atoms with E-state index in [2.05, 4.69) is 0 Å². The van der Waals surface area contributed by atoms with Gasteiger partial charge in [0.1, 0.15) is 67.2 Å². The third-order valence-corrected chi connectivity index (χ3v) is 14.7. The molecule has 0 aromatic carbocycles. The van der Waals surface area contributed by atoms with E-state index in [4.69, 9.17) is 56.8 Å². The highest BCUT2D eigenvalue weighted by molar-refractivity contribution is 5.77. The first-order chi connectivity index (χ1) is 34.0. The molecule has 2 unspecified atom stereocenters. The Morgan fingerprint density at radius 3 is 0.684 bits per heavy atom. The summed E-state index contributed by atoms with van der Waals surface area (Å²) in [6, 6.07) is 0. The standard InChI is InChI=1S/C31H50O11.C26H42O8/c1-13-27(11,12)20(32)36-28-14-29(40-21(33)37-24(2,3)4)17-30(15-28,41-22(34)38-25(5,6)7)19-31(16-28,18-29)42-23(35)39-26(8,9)10;1-10-23(8,9)18(27)30-24-11-17-12-25(14-24,33-19(28)31-21(2,3)4)16-26(13-17,15-24)34-20(29)32-22(5,6)7/h13-19H2,1-12H3;17H,10-16H2,1-9H3. The molecule has 0 saturated heterocycles. The fourth-order valence-corrected chi connectivity index (χ4v) is 12.4. The van der Waals surface area contributed by atoms with Crippen molar-refractivity contribution in [3.05, 3.63) is 0 Å². The zero-order valence-electron chi connectivity index (χ0n) is 49.7. The van der Waals surface area contributed by atoms with E-state index in [0.717, 1.165) is 0 Å². The van der Waals surface area contributed by atoms with Gasteiger partial charge in [0.25, 0.3) is 0 Å². The molecular formula is C57H92O19. The summed E-state index contributed by atoms with van der Waals surface area (Å²) >= 11 is 0.